The molecule has 202 valence electrons. The number of rotatable bonds is 3. The van der Waals surface area contributed by atoms with Gasteiger partial charge >= 0.3 is 11.9 Å². The minimum Gasteiger partial charge on any atom is -0.465 e. The van der Waals surface area contributed by atoms with Crippen LogP contribution in [0.5, 0.6) is 0 Å². The van der Waals surface area contributed by atoms with Gasteiger partial charge in [0.15, 0.2) is 17.1 Å². The molecule has 4 fully saturated rings. The van der Waals surface area contributed by atoms with Gasteiger partial charge in [0, 0.05) is 36.0 Å². The standard InChI is InChI=1S/C27H32F2O7S/c1-13-9-16-17-11-19(28)18-10-15(31)5-7-24(18,3)26(17,29)21(32)12-25(16,4)27(13,36-14(2)30)23(34)37-20-6-8-35-22(20)33/h5,7,10,13,16-17,19-21,32H,6,8-9,11-12H2,1-4H3/t13-,16+,17+,19+,20?,21+,24+,25+,26+,27+/m1/s1. The molecule has 0 amide bonds. The Balaban J connectivity index is 1.61. The Morgan fingerprint density at radius 2 is 1.92 bits per heavy atom. The topological polar surface area (TPSA) is 107 Å². The molecule has 1 aliphatic heterocycles. The second-order valence-electron chi connectivity index (χ2n) is 11.7. The van der Waals surface area contributed by atoms with Crippen molar-refractivity contribution in [3.05, 3.63) is 23.8 Å². The predicted octanol–water partition coefficient (Wildman–Crippen LogP) is 3.43. The van der Waals surface area contributed by atoms with E-state index < -0.39 is 80.2 Å². The maximum atomic E-state index is 17.4. The number of hydrogen-bond acceptors (Lipinski definition) is 8. The number of thioether (sulfide) groups is 1. The molecule has 1 unspecified atom stereocenters. The van der Waals surface area contributed by atoms with Gasteiger partial charge in [-0.05, 0) is 49.8 Å². The van der Waals surface area contributed by atoms with E-state index in [0.717, 1.165) is 17.8 Å². The number of aliphatic hydroxyl groups excluding tert-OH is 1. The summed E-state index contributed by atoms with van der Waals surface area (Å²) in [6.07, 6.45) is 0.568. The molecular formula is C27H32F2O7S. The normalized spacial score (nSPS) is 48.5. The number of esters is 2. The summed E-state index contributed by atoms with van der Waals surface area (Å²) in [5, 5.41) is 10.2. The van der Waals surface area contributed by atoms with E-state index >= 15 is 8.78 Å². The van der Waals surface area contributed by atoms with E-state index in [2.05, 4.69) is 0 Å². The second kappa shape index (κ2) is 8.46. The minimum atomic E-state index is -2.31. The Kier molecular flexibility index (Phi) is 6.07. The molecule has 0 aromatic heterocycles. The quantitative estimate of drug-likeness (QED) is 0.545. The summed E-state index contributed by atoms with van der Waals surface area (Å²) in [6.45, 7) is 6.33. The zero-order valence-electron chi connectivity index (χ0n) is 21.3. The van der Waals surface area contributed by atoms with Crippen LogP contribution in [0.3, 0.4) is 0 Å². The number of allylic oxidation sites excluding steroid dienone is 4. The first-order chi connectivity index (χ1) is 17.2. The molecule has 3 saturated carbocycles. The molecular weight excluding hydrogens is 506 g/mol. The van der Waals surface area contributed by atoms with Gasteiger partial charge in [0.25, 0.3) is 0 Å². The monoisotopic (exact) mass is 538 g/mol. The molecule has 0 aromatic rings. The Hall–Kier alpha value is -2.07. The summed E-state index contributed by atoms with van der Waals surface area (Å²) in [4.78, 5) is 50.5. The summed E-state index contributed by atoms with van der Waals surface area (Å²) in [6, 6.07) is 0. The van der Waals surface area contributed by atoms with Gasteiger partial charge in [0.1, 0.15) is 11.4 Å². The summed E-state index contributed by atoms with van der Waals surface area (Å²) >= 11 is 0.761. The number of fused-ring (bicyclic) bond motifs is 5. The van der Waals surface area contributed by atoms with Gasteiger partial charge in [0.05, 0.1) is 12.7 Å². The van der Waals surface area contributed by atoms with Crippen molar-refractivity contribution >= 4 is 34.6 Å². The number of cyclic esters (lactones) is 1. The van der Waals surface area contributed by atoms with Gasteiger partial charge in [0.2, 0.25) is 5.12 Å². The van der Waals surface area contributed by atoms with Crippen LogP contribution >= 0.6 is 11.8 Å². The van der Waals surface area contributed by atoms with Crippen LogP contribution < -0.4 is 0 Å². The molecule has 10 atom stereocenters. The fourth-order valence-corrected chi connectivity index (χ4v) is 9.53. The average Bonchev–Trinajstić information content (AvgIpc) is 3.30. The molecule has 1 N–H and O–H groups in total. The molecule has 0 radical (unpaired) electrons. The van der Waals surface area contributed by atoms with E-state index in [9.17, 15) is 24.3 Å². The molecule has 37 heavy (non-hydrogen) atoms. The first-order valence-corrected chi connectivity index (χ1v) is 13.6. The highest BCUT2D eigenvalue weighted by molar-refractivity contribution is 8.14. The number of halogens is 2. The van der Waals surface area contributed by atoms with Crippen molar-refractivity contribution in [1.82, 2.24) is 0 Å². The van der Waals surface area contributed by atoms with Gasteiger partial charge in [-0.15, -0.1) is 0 Å². The molecule has 5 aliphatic rings. The van der Waals surface area contributed by atoms with Crippen LogP contribution in [0.1, 0.15) is 53.4 Å². The molecule has 0 spiro atoms. The maximum absolute atomic E-state index is 17.4. The van der Waals surface area contributed by atoms with E-state index in [-0.39, 0.29) is 31.4 Å². The van der Waals surface area contributed by atoms with Crippen molar-refractivity contribution in [1.29, 1.82) is 0 Å². The van der Waals surface area contributed by atoms with E-state index in [0.29, 0.717) is 6.42 Å². The number of hydrogen-bond donors (Lipinski definition) is 1. The third kappa shape index (κ3) is 3.33. The van der Waals surface area contributed by atoms with Crippen molar-refractivity contribution in [3.63, 3.8) is 0 Å². The number of alkyl halides is 2. The molecule has 4 aliphatic carbocycles. The molecule has 0 aromatic carbocycles. The highest BCUT2D eigenvalue weighted by atomic mass is 32.2. The minimum absolute atomic E-state index is 0.0186. The number of aliphatic hydroxyl groups is 1. The van der Waals surface area contributed by atoms with E-state index in [1.54, 1.807) is 13.8 Å². The molecule has 5 rings (SSSR count). The van der Waals surface area contributed by atoms with Crippen molar-refractivity contribution in [3.8, 4) is 0 Å². The van der Waals surface area contributed by atoms with Crippen LogP contribution in [0, 0.1) is 28.6 Å². The Bertz CT molecular complexity index is 1140. The number of ketones is 1. The van der Waals surface area contributed by atoms with Gasteiger partial charge in [-0.2, -0.15) is 0 Å². The summed E-state index contributed by atoms with van der Waals surface area (Å²) < 4.78 is 43.9. The zero-order valence-corrected chi connectivity index (χ0v) is 22.1. The number of carbonyl (C=O) groups excluding carboxylic acids is 4. The highest BCUT2D eigenvalue weighted by Crippen LogP contribution is 2.72. The summed E-state index contributed by atoms with van der Waals surface area (Å²) in [7, 11) is 0. The first kappa shape index (κ1) is 26.5. The van der Waals surface area contributed by atoms with E-state index in [4.69, 9.17) is 9.47 Å². The SMILES string of the molecule is CC(=O)O[C@]1(C(=O)SC2CCOC2=O)[C@H](C)C[C@H]2[C@@H]3C[C@H](F)C4=CC(=O)C=C[C@]4(C)[C@@]3(F)[C@@H](O)C[C@@]21C. The largest absolute Gasteiger partial charge is 0.465 e. The van der Waals surface area contributed by atoms with Crippen molar-refractivity contribution in [2.75, 3.05) is 6.61 Å². The lowest BCUT2D eigenvalue weighted by Gasteiger charge is -2.63. The maximum Gasteiger partial charge on any atom is 0.319 e. The molecule has 1 saturated heterocycles. The first-order valence-electron chi connectivity index (χ1n) is 12.8. The van der Waals surface area contributed by atoms with Crippen molar-refractivity contribution in [2.45, 2.75) is 82.2 Å². The van der Waals surface area contributed by atoms with Gasteiger partial charge < -0.3 is 14.6 Å². The average molecular weight is 539 g/mol. The Labute approximate surface area is 218 Å². The smallest absolute Gasteiger partial charge is 0.319 e. The van der Waals surface area contributed by atoms with Gasteiger partial charge in [-0.25, -0.2) is 8.78 Å². The van der Waals surface area contributed by atoms with Crippen molar-refractivity contribution in [2.24, 2.45) is 28.6 Å². The number of ether oxygens (including phenoxy) is 2. The predicted molar refractivity (Wildman–Crippen MR) is 130 cm³/mol. The summed E-state index contributed by atoms with van der Waals surface area (Å²) in [5.41, 5.74) is -6.81. The molecule has 10 heteroatoms. The van der Waals surface area contributed by atoms with E-state index in [1.807, 2.05) is 0 Å². The second-order valence-corrected chi connectivity index (χ2v) is 12.9. The van der Waals surface area contributed by atoms with Crippen LogP contribution in [-0.4, -0.2) is 63.3 Å². The van der Waals surface area contributed by atoms with Crippen LogP contribution in [0.25, 0.3) is 0 Å². The lowest BCUT2D eigenvalue weighted by atomic mass is 9.44. The van der Waals surface area contributed by atoms with E-state index in [1.165, 1.54) is 26.0 Å². The fourth-order valence-electron chi connectivity index (χ4n) is 8.25. The van der Waals surface area contributed by atoms with Gasteiger partial charge in [-0.1, -0.05) is 31.7 Å². The Morgan fingerprint density at radius 3 is 2.54 bits per heavy atom. The fraction of sp³-hybridized carbons (Fsp3) is 0.704. The lowest BCUT2D eigenvalue weighted by Crippen LogP contribution is -2.70. The van der Waals surface area contributed by atoms with Crippen LogP contribution in [0.4, 0.5) is 8.78 Å². The molecule has 0 bridgehead atoms. The third-order valence-corrected chi connectivity index (χ3v) is 11.1. The molecule has 1 heterocycles. The Morgan fingerprint density at radius 1 is 1.22 bits per heavy atom. The van der Waals surface area contributed by atoms with Crippen molar-refractivity contribution < 1.29 is 42.5 Å². The van der Waals surface area contributed by atoms with Crippen LogP contribution in [0.2, 0.25) is 0 Å². The van der Waals surface area contributed by atoms with Crippen LogP contribution in [0.15, 0.2) is 23.8 Å². The zero-order chi connectivity index (χ0) is 27.1. The van der Waals surface area contributed by atoms with Gasteiger partial charge in [-0.3, -0.25) is 19.2 Å². The summed E-state index contributed by atoms with van der Waals surface area (Å²) in [5.74, 6) is -3.86. The number of carbonyl (C=O) groups is 4. The molecule has 7 nitrogen and oxygen atoms in total. The highest BCUT2D eigenvalue weighted by Gasteiger charge is 2.78. The third-order valence-electron chi connectivity index (χ3n) is 9.91. The van der Waals surface area contributed by atoms with Crippen LogP contribution in [-0.2, 0) is 28.7 Å². The lowest BCUT2D eigenvalue weighted by molar-refractivity contribution is -0.228.